The van der Waals surface area contributed by atoms with Crippen LogP contribution in [0.15, 0.2) is 24.5 Å². The van der Waals surface area contributed by atoms with Crippen molar-refractivity contribution < 1.29 is 4.74 Å². The Bertz CT molecular complexity index is 408. The zero-order chi connectivity index (χ0) is 8.55. The van der Waals surface area contributed by atoms with Crippen molar-refractivity contribution in [2.75, 3.05) is 12.8 Å². The minimum atomic E-state index is 0.632. The van der Waals surface area contributed by atoms with Crippen LogP contribution in [0.5, 0.6) is 5.75 Å². The number of nitrogens with zero attached hydrogens (tertiary/aromatic N) is 2. The zero-order valence-electron chi connectivity index (χ0n) is 6.69. The first-order valence-electron chi connectivity index (χ1n) is 3.59. The van der Waals surface area contributed by atoms with E-state index in [2.05, 4.69) is 5.10 Å². The van der Waals surface area contributed by atoms with E-state index in [9.17, 15) is 0 Å². The van der Waals surface area contributed by atoms with Gasteiger partial charge in [-0.2, -0.15) is 5.10 Å². The molecule has 0 aliphatic heterocycles. The first-order valence-corrected chi connectivity index (χ1v) is 3.59. The summed E-state index contributed by atoms with van der Waals surface area (Å²) in [4.78, 5) is 0. The molecule has 2 aromatic rings. The lowest BCUT2D eigenvalue weighted by atomic mass is 10.3. The quantitative estimate of drug-likeness (QED) is 0.680. The highest BCUT2D eigenvalue weighted by Crippen LogP contribution is 2.23. The highest BCUT2D eigenvalue weighted by Gasteiger charge is 2.04. The number of hydrogen-bond acceptors (Lipinski definition) is 3. The van der Waals surface area contributed by atoms with Crippen LogP contribution in [-0.2, 0) is 0 Å². The van der Waals surface area contributed by atoms with Gasteiger partial charge in [-0.05, 0) is 12.1 Å². The topological polar surface area (TPSA) is 52.5 Å². The second-order valence-electron chi connectivity index (χ2n) is 2.47. The molecular formula is C8H9N3O. The number of anilines is 1. The number of methoxy groups -OCH3 is 1. The number of rotatable bonds is 1. The molecule has 0 aromatic carbocycles. The smallest absolute Gasteiger partial charge is 0.146 e. The summed E-state index contributed by atoms with van der Waals surface area (Å²) >= 11 is 0. The molecule has 2 heterocycles. The number of nitrogens with two attached hydrogens (primary N) is 1. The zero-order valence-corrected chi connectivity index (χ0v) is 6.69. The molecule has 0 spiro atoms. The Balaban J connectivity index is 2.84. The molecule has 0 unspecified atom stereocenters. The molecule has 12 heavy (non-hydrogen) atoms. The van der Waals surface area contributed by atoms with Crippen molar-refractivity contribution in [1.82, 2.24) is 9.61 Å². The summed E-state index contributed by atoms with van der Waals surface area (Å²) in [7, 11) is 1.61. The molecule has 0 aliphatic rings. The maximum Gasteiger partial charge on any atom is 0.146 e. The molecular weight excluding hydrogens is 154 g/mol. The Hall–Kier alpha value is -1.71. The van der Waals surface area contributed by atoms with E-state index in [0.29, 0.717) is 5.69 Å². The standard InChI is InChI=1S/C8H9N3O/c1-12-7-3-2-4-11-8(7)6(9)5-10-11/h2-5H,9H2,1H3. The van der Waals surface area contributed by atoms with Crippen molar-refractivity contribution >= 4 is 11.2 Å². The van der Waals surface area contributed by atoms with Crippen molar-refractivity contribution in [3.05, 3.63) is 24.5 Å². The van der Waals surface area contributed by atoms with Crippen LogP contribution in [0.3, 0.4) is 0 Å². The molecule has 0 aliphatic carbocycles. The number of nitrogen functional groups attached to an aromatic ring is 1. The lowest BCUT2D eigenvalue weighted by Gasteiger charge is -2.01. The minimum Gasteiger partial charge on any atom is -0.494 e. The summed E-state index contributed by atoms with van der Waals surface area (Å²) in [5, 5.41) is 4.04. The summed E-state index contributed by atoms with van der Waals surface area (Å²) < 4.78 is 6.81. The van der Waals surface area contributed by atoms with E-state index >= 15 is 0 Å². The van der Waals surface area contributed by atoms with Gasteiger partial charge < -0.3 is 10.5 Å². The van der Waals surface area contributed by atoms with Gasteiger partial charge >= 0.3 is 0 Å². The van der Waals surface area contributed by atoms with Gasteiger partial charge in [-0.3, -0.25) is 0 Å². The third kappa shape index (κ3) is 0.812. The second kappa shape index (κ2) is 2.41. The predicted molar refractivity (Wildman–Crippen MR) is 46.2 cm³/mol. The normalized spacial score (nSPS) is 10.4. The fourth-order valence-corrected chi connectivity index (χ4v) is 1.20. The van der Waals surface area contributed by atoms with Gasteiger partial charge in [0.1, 0.15) is 11.3 Å². The molecule has 0 saturated heterocycles. The van der Waals surface area contributed by atoms with E-state index in [1.54, 1.807) is 17.8 Å². The first-order chi connectivity index (χ1) is 5.83. The third-order valence-corrected chi connectivity index (χ3v) is 1.75. The Morgan fingerprint density at radius 1 is 1.58 bits per heavy atom. The molecule has 62 valence electrons. The highest BCUT2D eigenvalue weighted by molar-refractivity contribution is 5.75. The van der Waals surface area contributed by atoms with Gasteiger partial charge in [-0.15, -0.1) is 0 Å². The molecule has 2 N–H and O–H groups in total. The van der Waals surface area contributed by atoms with Crippen LogP contribution in [0.25, 0.3) is 5.52 Å². The molecule has 2 aromatic heterocycles. The van der Waals surface area contributed by atoms with Crippen LogP contribution in [0.1, 0.15) is 0 Å². The van der Waals surface area contributed by atoms with Crippen molar-refractivity contribution in [3.8, 4) is 5.75 Å². The molecule has 4 heteroatoms. The van der Waals surface area contributed by atoms with Crippen LogP contribution in [0.2, 0.25) is 0 Å². The number of aromatic nitrogens is 2. The van der Waals surface area contributed by atoms with Crippen LogP contribution < -0.4 is 10.5 Å². The van der Waals surface area contributed by atoms with Crippen molar-refractivity contribution in [3.63, 3.8) is 0 Å². The fraction of sp³-hybridized carbons (Fsp3) is 0.125. The van der Waals surface area contributed by atoms with Gasteiger partial charge in [-0.1, -0.05) is 0 Å². The van der Waals surface area contributed by atoms with E-state index in [0.717, 1.165) is 11.3 Å². The number of ether oxygens (including phenoxy) is 1. The van der Waals surface area contributed by atoms with Gasteiger partial charge in [-0.25, -0.2) is 4.52 Å². The molecule has 0 atom stereocenters. The number of hydrogen-bond donors (Lipinski definition) is 1. The SMILES string of the molecule is COc1cccn2ncc(N)c12. The molecule has 0 amide bonds. The van der Waals surface area contributed by atoms with Gasteiger partial charge in [0.05, 0.1) is 19.0 Å². The third-order valence-electron chi connectivity index (χ3n) is 1.75. The van der Waals surface area contributed by atoms with Crippen molar-refractivity contribution in [1.29, 1.82) is 0 Å². The summed E-state index contributed by atoms with van der Waals surface area (Å²) in [6.07, 6.45) is 3.44. The van der Waals surface area contributed by atoms with E-state index in [1.165, 1.54) is 0 Å². The monoisotopic (exact) mass is 163 g/mol. The molecule has 2 rings (SSSR count). The Kier molecular flexibility index (Phi) is 1.40. The maximum atomic E-state index is 5.69. The van der Waals surface area contributed by atoms with E-state index in [-0.39, 0.29) is 0 Å². The van der Waals surface area contributed by atoms with Crippen LogP contribution in [-0.4, -0.2) is 16.7 Å². The molecule has 0 radical (unpaired) electrons. The van der Waals surface area contributed by atoms with Crippen LogP contribution >= 0.6 is 0 Å². The van der Waals surface area contributed by atoms with Gasteiger partial charge in [0.2, 0.25) is 0 Å². The Morgan fingerprint density at radius 3 is 3.17 bits per heavy atom. The van der Waals surface area contributed by atoms with Gasteiger partial charge in [0.25, 0.3) is 0 Å². The molecule has 0 fully saturated rings. The summed E-state index contributed by atoms with van der Waals surface area (Å²) in [6, 6.07) is 3.71. The lowest BCUT2D eigenvalue weighted by Crippen LogP contribution is -1.92. The average Bonchev–Trinajstić information content (AvgIpc) is 2.48. The van der Waals surface area contributed by atoms with Crippen LogP contribution in [0.4, 0.5) is 5.69 Å². The first kappa shape index (κ1) is 6.97. The highest BCUT2D eigenvalue weighted by atomic mass is 16.5. The molecule has 0 saturated carbocycles. The van der Waals surface area contributed by atoms with E-state index in [1.807, 2.05) is 18.3 Å². The summed E-state index contributed by atoms with van der Waals surface area (Å²) in [5.41, 5.74) is 7.14. The Morgan fingerprint density at radius 2 is 2.42 bits per heavy atom. The van der Waals surface area contributed by atoms with E-state index in [4.69, 9.17) is 10.5 Å². The largest absolute Gasteiger partial charge is 0.494 e. The second-order valence-corrected chi connectivity index (χ2v) is 2.47. The Labute approximate surface area is 69.6 Å². The number of pyridine rings is 1. The molecule has 0 bridgehead atoms. The lowest BCUT2D eigenvalue weighted by molar-refractivity contribution is 0.417. The predicted octanol–water partition coefficient (Wildman–Crippen LogP) is 0.925. The van der Waals surface area contributed by atoms with Crippen molar-refractivity contribution in [2.45, 2.75) is 0 Å². The van der Waals surface area contributed by atoms with E-state index < -0.39 is 0 Å². The van der Waals surface area contributed by atoms with Crippen molar-refractivity contribution in [2.24, 2.45) is 0 Å². The van der Waals surface area contributed by atoms with Gasteiger partial charge in [0.15, 0.2) is 0 Å². The minimum absolute atomic E-state index is 0.632. The molecule has 4 nitrogen and oxygen atoms in total. The van der Waals surface area contributed by atoms with Gasteiger partial charge in [0, 0.05) is 6.20 Å². The summed E-state index contributed by atoms with van der Waals surface area (Å²) in [6.45, 7) is 0. The maximum absolute atomic E-state index is 5.69. The summed E-state index contributed by atoms with van der Waals surface area (Å²) in [5.74, 6) is 0.743. The number of fused-ring (bicyclic) bond motifs is 1. The fourth-order valence-electron chi connectivity index (χ4n) is 1.20. The average molecular weight is 163 g/mol. The van der Waals surface area contributed by atoms with Crippen LogP contribution in [0, 0.1) is 0 Å².